The van der Waals surface area contributed by atoms with Gasteiger partial charge in [0.05, 0.1) is 19.8 Å². The minimum atomic E-state index is -0.136. The van der Waals surface area contributed by atoms with Gasteiger partial charge >= 0.3 is 0 Å². The quantitative estimate of drug-likeness (QED) is 0.555. The summed E-state index contributed by atoms with van der Waals surface area (Å²) in [6.07, 6.45) is 4.38. The Labute approximate surface area is 178 Å². The molecule has 1 unspecified atom stereocenters. The van der Waals surface area contributed by atoms with E-state index in [0.29, 0.717) is 31.1 Å². The fourth-order valence-electron chi connectivity index (χ4n) is 3.22. The lowest BCUT2D eigenvalue weighted by Gasteiger charge is -2.13. The second kappa shape index (κ2) is 11.5. The highest BCUT2D eigenvalue weighted by Crippen LogP contribution is 2.28. The first kappa shape index (κ1) is 22.0. The van der Waals surface area contributed by atoms with Crippen LogP contribution < -0.4 is 19.5 Å². The fourth-order valence-corrected chi connectivity index (χ4v) is 3.22. The third-order valence-corrected chi connectivity index (χ3v) is 5.01. The predicted molar refractivity (Wildman–Crippen MR) is 115 cm³/mol. The number of nitrogens with one attached hydrogen (secondary N) is 1. The molecule has 0 saturated carbocycles. The Morgan fingerprint density at radius 3 is 2.67 bits per heavy atom. The van der Waals surface area contributed by atoms with E-state index in [-0.39, 0.29) is 12.0 Å². The topological polar surface area (TPSA) is 66.0 Å². The molecule has 0 spiro atoms. The minimum absolute atomic E-state index is 0.136. The molecular formula is C24H31NO5. The number of methoxy groups -OCH3 is 1. The van der Waals surface area contributed by atoms with Crippen molar-refractivity contribution in [3.8, 4) is 17.2 Å². The molecule has 6 nitrogen and oxygen atoms in total. The summed E-state index contributed by atoms with van der Waals surface area (Å²) in [4.78, 5) is 12.5. The summed E-state index contributed by atoms with van der Waals surface area (Å²) in [5, 5.41) is 2.94. The van der Waals surface area contributed by atoms with Gasteiger partial charge in [0, 0.05) is 18.7 Å². The third-order valence-electron chi connectivity index (χ3n) is 5.01. The Kier molecular flexibility index (Phi) is 8.39. The normalized spacial score (nSPS) is 15.6. The monoisotopic (exact) mass is 413 g/mol. The molecule has 2 aromatic carbocycles. The number of rotatable bonds is 11. The average Bonchev–Trinajstić information content (AvgIpc) is 3.31. The molecule has 1 fully saturated rings. The lowest BCUT2D eigenvalue weighted by molar-refractivity contribution is 0.0679. The molecule has 0 aliphatic carbocycles. The highest BCUT2D eigenvalue weighted by molar-refractivity contribution is 5.94. The van der Waals surface area contributed by atoms with Crippen molar-refractivity contribution in [3.63, 3.8) is 0 Å². The van der Waals surface area contributed by atoms with Crippen LogP contribution in [0.5, 0.6) is 17.2 Å². The van der Waals surface area contributed by atoms with E-state index in [4.69, 9.17) is 18.9 Å². The summed E-state index contributed by atoms with van der Waals surface area (Å²) in [5.74, 6) is 2.00. The Bertz CT molecular complexity index is 800. The van der Waals surface area contributed by atoms with Crippen molar-refractivity contribution in [2.45, 2.75) is 45.3 Å². The van der Waals surface area contributed by atoms with Crippen LogP contribution in [0.4, 0.5) is 0 Å². The molecule has 1 amide bonds. The van der Waals surface area contributed by atoms with Gasteiger partial charge in [-0.25, -0.2) is 0 Å². The second-order valence-corrected chi connectivity index (χ2v) is 7.34. The van der Waals surface area contributed by atoms with Crippen molar-refractivity contribution >= 4 is 5.91 Å². The molecule has 1 aliphatic rings. The van der Waals surface area contributed by atoms with Gasteiger partial charge < -0.3 is 24.3 Å². The van der Waals surface area contributed by atoms with Crippen LogP contribution in [-0.2, 0) is 11.3 Å². The van der Waals surface area contributed by atoms with E-state index in [1.165, 1.54) is 0 Å². The standard InChI is InChI=1S/C24H31NO5/c1-3-4-13-29-22-12-7-18(15-23(22)27-2)16-25-24(26)19-8-10-20(11-9-19)30-17-21-6-5-14-28-21/h7-12,15,21H,3-6,13-14,16-17H2,1-2H3,(H,25,26). The molecule has 0 radical (unpaired) electrons. The Morgan fingerprint density at radius 1 is 1.13 bits per heavy atom. The Hall–Kier alpha value is -2.73. The van der Waals surface area contributed by atoms with Crippen LogP contribution in [0, 0.1) is 0 Å². The Balaban J connectivity index is 1.49. The summed E-state index contributed by atoms with van der Waals surface area (Å²) in [5.41, 5.74) is 1.53. The second-order valence-electron chi connectivity index (χ2n) is 7.34. The number of benzene rings is 2. The maximum absolute atomic E-state index is 12.5. The van der Waals surface area contributed by atoms with E-state index in [9.17, 15) is 4.79 Å². The smallest absolute Gasteiger partial charge is 0.251 e. The molecule has 1 atom stereocenters. The van der Waals surface area contributed by atoms with Crippen LogP contribution in [-0.4, -0.2) is 38.9 Å². The zero-order valence-corrected chi connectivity index (χ0v) is 17.8. The number of amides is 1. The third kappa shape index (κ3) is 6.39. The number of hydrogen-bond acceptors (Lipinski definition) is 5. The zero-order chi connectivity index (χ0) is 21.2. The van der Waals surface area contributed by atoms with E-state index in [0.717, 1.165) is 49.4 Å². The molecule has 3 rings (SSSR count). The fraction of sp³-hybridized carbons (Fsp3) is 0.458. The van der Waals surface area contributed by atoms with Gasteiger partial charge in [-0.1, -0.05) is 19.4 Å². The van der Waals surface area contributed by atoms with Crippen molar-refractivity contribution in [3.05, 3.63) is 53.6 Å². The summed E-state index contributed by atoms with van der Waals surface area (Å²) in [6, 6.07) is 12.9. The molecular weight excluding hydrogens is 382 g/mol. The molecule has 2 aromatic rings. The molecule has 0 bridgehead atoms. The Morgan fingerprint density at radius 2 is 1.97 bits per heavy atom. The first-order valence-corrected chi connectivity index (χ1v) is 10.6. The number of ether oxygens (including phenoxy) is 4. The summed E-state index contributed by atoms with van der Waals surface area (Å²) < 4.78 is 22.5. The average molecular weight is 414 g/mol. The minimum Gasteiger partial charge on any atom is -0.493 e. The van der Waals surface area contributed by atoms with Crippen LogP contribution in [0.1, 0.15) is 48.5 Å². The van der Waals surface area contributed by atoms with Crippen molar-refractivity contribution in [1.29, 1.82) is 0 Å². The van der Waals surface area contributed by atoms with E-state index in [2.05, 4.69) is 12.2 Å². The zero-order valence-electron chi connectivity index (χ0n) is 17.8. The van der Waals surface area contributed by atoms with Crippen LogP contribution in [0.25, 0.3) is 0 Å². The van der Waals surface area contributed by atoms with E-state index in [1.54, 1.807) is 19.2 Å². The van der Waals surface area contributed by atoms with Gasteiger partial charge in [-0.3, -0.25) is 4.79 Å². The van der Waals surface area contributed by atoms with Crippen molar-refractivity contribution in [2.24, 2.45) is 0 Å². The van der Waals surface area contributed by atoms with Gasteiger partial charge in [-0.2, -0.15) is 0 Å². The molecule has 0 aromatic heterocycles. The highest BCUT2D eigenvalue weighted by Gasteiger charge is 2.16. The molecule has 1 heterocycles. The van der Waals surface area contributed by atoms with Crippen LogP contribution in [0.3, 0.4) is 0 Å². The van der Waals surface area contributed by atoms with E-state index >= 15 is 0 Å². The van der Waals surface area contributed by atoms with E-state index in [1.807, 2.05) is 30.3 Å². The van der Waals surface area contributed by atoms with Gasteiger partial charge in [0.25, 0.3) is 5.91 Å². The first-order chi connectivity index (χ1) is 14.7. The van der Waals surface area contributed by atoms with Gasteiger partial charge in [-0.15, -0.1) is 0 Å². The lowest BCUT2D eigenvalue weighted by Crippen LogP contribution is -2.22. The van der Waals surface area contributed by atoms with E-state index < -0.39 is 0 Å². The van der Waals surface area contributed by atoms with Gasteiger partial charge in [0.2, 0.25) is 0 Å². The van der Waals surface area contributed by atoms with Crippen LogP contribution in [0.15, 0.2) is 42.5 Å². The first-order valence-electron chi connectivity index (χ1n) is 10.6. The summed E-state index contributed by atoms with van der Waals surface area (Å²) in [7, 11) is 1.62. The van der Waals surface area contributed by atoms with Gasteiger partial charge in [0.15, 0.2) is 11.5 Å². The number of carbonyl (C=O) groups is 1. The maximum Gasteiger partial charge on any atom is 0.251 e. The molecule has 6 heteroatoms. The number of carbonyl (C=O) groups excluding carboxylic acids is 1. The molecule has 162 valence electrons. The van der Waals surface area contributed by atoms with Crippen LogP contribution in [0.2, 0.25) is 0 Å². The number of unbranched alkanes of at least 4 members (excludes halogenated alkanes) is 1. The lowest BCUT2D eigenvalue weighted by atomic mass is 10.1. The number of hydrogen-bond donors (Lipinski definition) is 1. The SMILES string of the molecule is CCCCOc1ccc(CNC(=O)c2ccc(OCC3CCCO3)cc2)cc1OC. The van der Waals surface area contributed by atoms with Crippen molar-refractivity contribution < 1.29 is 23.7 Å². The summed E-state index contributed by atoms with van der Waals surface area (Å²) in [6.45, 7) is 4.55. The molecule has 1 saturated heterocycles. The summed E-state index contributed by atoms with van der Waals surface area (Å²) >= 11 is 0. The van der Waals surface area contributed by atoms with Crippen LogP contribution >= 0.6 is 0 Å². The van der Waals surface area contributed by atoms with Crippen molar-refractivity contribution in [2.75, 3.05) is 26.9 Å². The molecule has 1 aliphatic heterocycles. The maximum atomic E-state index is 12.5. The van der Waals surface area contributed by atoms with Crippen molar-refractivity contribution in [1.82, 2.24) is 5.32 Å². The highest BCUT2D eigenvalue weighted by atomic mass is 16.5. The molecule has 1 N–H and O–H groups in total. The van der Waals surface area contributed by atoms with Gasteiger partial charge in [0.1, 0.15) is 12.4 Å². The van der Waals surface area contributed by atoms with Gasteiger partial charge in [-0.05, 0) is 61.2 Å². The predicted octanol–water partition coefficient (Wildman–Crippen LogP) is 4.36. The largest absolute Gasteiger partial charge is 0.493 e. The molecule has 30 heavy (non-hydrogen) atoms.